The quantitative estimate of drug-likeness (QED) is 0.915. The maximum absolute atomic E-state index is 5.94. The molecule has 1 N–H and O–H groups in total. The van der Waals surface area contributed by atoms with E-state index in [4.69, 9.17) is 11.6 Å². The summed E-state index contributed by atoms with van der Waals surface area (Å²) < 4.78 is 0. The molecule has 3 unspecified atom stereocenters. The first-order valence-electron chi connectivity index (χ1n) is 7.44. The van der Waals surface area contributed by atoms with E-state index in [2.05, 4.69) is 29.3 Å². The van der Waals surface area contributed by atoms with Gasteiger partial charge in [-0.05, 0) is 56.3 Å². The molecule has 1 aromatic carbocycles. The summed E-state index contributed by atoms with van der Waals surface area (Å²) >= 11 is 5.94. The largest absolute Gasteiger partial charge is 0.312 e. The SMILES string of the molecule is CC(Cc1ccc(Cl)cc1)N1CC2CCCNC2C1. The molecule has 0 aliphatic carbocycles. The standard InChI is InChI=1S/C16H23ClN2/c1-12(9-13-4-6-15(17)7-5-13)19-10-14-3-2-8-18-16(14)11-19/h4-7,12,14,16,18H,2-3,8-11H2,1H3. The van der Waals surface area contributed by atoms with Gasteiger partial charge >= 0.3 is 0 Å². The first-order valence-corrected chi connectivity index (χ1v) is 7.82. The summed E-state index contributed by atoms with van der Waals surface area (Å²) in [5, 5.41) is 4.50. The van der Waals surface area contributed by atoms with E-state index in [-0.39, 0.29) is 0 Å². The average Bonchev–Trinajstić information content (AvgIpc) is 2.85. The Morgan fingerprint density at radius 2 is 2.11 bits per heavy atom. The van der Waals surface area contributed by atoms with E-state index in [9.17, 15) is 0 Å². The molecular formula is C16H23ClN2. The van der Waals surface area contributed by atoms with E-state index in [1.807, 2.05) is 12.1 Å². The summed E-state index contributed by atoms with van der Waals surface area (Å²) in [5.74, 6) is 0.876. The highest BCUT2D eigenvalue weighted by Gasteiger charge is 2.35. The van der Waals surface area contributed by atoms with Crippen LogP contribution < -0.4 is 5.32 Å². The van der Waals surface area contributed by atoms with Gasteiger partial charge in [-0.15, -0.1) is 0 Å². The van der Waals surface area contributed by atoms with Gasteiger partial charge in [-0.25, -0.2) is 0 Å². The molecule has 2 saturated heterocycles. The molecule has 0 bridgehead atoms. The number of fused-ring (bicyclic) bond motifs is 1. The summed E-state index contributed by atoms with van der Waals surface area (Å²) in [7, 11) is 0. The minimum Gasteiger partial charge on any atom is -0.312 e. The van der Waals surface area contributed by atoms with Crippen LogP contribution in [0.1, 0.15) is 25.3 Å². The van der Waals surface area contributed by atoms with Gasteiger partial charge in [0.05, 0.1) is 0 Å². The molecule has 2 nitrogen and oxygen atoms in total. The number of hydrogen-bond acceptors (Lipinski definition) is 2. The van der Waals surface area contributed by atoms with Gasteiger partial charge in [0.25, 0.3) is 0 Å². The van der Waals surface area contributed by atoms with E-state index in [0.717, 1.165) is 23.4 Å². The fourth-order valence-electron chi connectivity index (χ4n) is 3.53. The van der Waals surface area contributed by atoms with Crippen molar-refractivity contribution in [2.45, 2.75) is 38.3 Å². The van der Waals surface area contributed by atoms with Crippen LogP contribution in [-0.4, -0.2) is 36.6 Å². The second kappa shape index (κ2) is 5.82. The maximum atomic E-state index is 5.94. The van der Waals surface area contributed by atoms with Crippen molar-refractivity contribution < 1.29 is 0 Å². The minimum absolute atomic E-state index is 0.619. The van der Waals surface area contributed by atoms with Crippen molar-refractivity contribution in [2.75, 3.05) is 19.6 Å². The molecule has 0 aromatic heterocycles. The summed E-state index contributed by atoms with van der Waals surface area (Å²) in [6.45, 7) is 6.05. The molecule has 19 heavy (non-hydrogen) atoms. The molecule has 2 aliphatic heterocycles. The first kappa shape index (κ1) is 13.4. The lowest BCUT2D eigenvalue weighted by Gasteiger charge is -2.25. The van der Waals surface area contributed by atoms with E-state index in [0.29, 0.717) is 6.04 Å². The van der Waals surface area contributed by atoms with Crippen molar-refractivity contribution in [1.29, 1.82) is 0 Å². The van der Waals surface area contributed by atoms with Crippen LogP contribution in [0.4, 0.5) is 0 Å². The molecule has 2 fully saturated rings. The number of benzene rings is 1. The predicted molar refractivity (Wildman–Crippen MR) is 80.7 cm³/mol. The topological polar surface area (TPSA) is 15.3 Å². The van der Waals surface area contributed by atoms with Crippen molar-refractivity contribution in [2.24, 2.45) is 5.92 Å². The molecular weight excluding hydrogens is 256 g/mol. The van der Waals surface area contributed by atoms with Gasteiger partial charge < -0.3 is 5.32 Å². The van der Waals surface area contributed by atoms with Crippen LogP contribution in [0.15, 0.2) is 24.3 Å². The average molecular weight is 279 g/mol. The number of nitrogens with zero attached hydrogens (tertiary/aromatic N) is 1. The molecule has 3 heteroatoms. The molecule has 2 heterocycles. The smallest absolute Gasteiger partial charge is 0.0406 e. The highest BCUT2D eigenvalue weighted by atomic mass is 35.5. The second-order valence-corrected chi connectivity index (χ2v) is 6.53. The number of halogens is 1. The Labute approximate surface area is 121 Å². The molecule has 0 saturated carbocycles. The van der Waals surface area contributed by atoms with Gasteiger partial charge in [0.2, 0.25) is 0 Å². The lowest BCUT2D eigenvalue weighted by atomic mass is 9.94. The Balaban J connectivity index is 1.58. The summed E-state index contributed by atoms with van der Waals surface area (Å²) in [6, 6.07) is 9.65. The monoisotopic (exact) mass is 278 g/mol. The Bertz CT molecular complexity index is 403. The lowest BCUT2D eigenvalue weighted by Crippen LogP contribution is -2.41. The third kappa shape index (κ3) is 3.13. The molecule has 1 aromatic rings. The van der Waals surface area contributed by atoms with E-state index in [1.165, 1.54) is 38.0 Å². The van der Waals surface area contributed by atoms with Crippen LogP contribution in [0, 0.1) is 5.92 Å². The summed E-state index contributed by atoms with van der Waals surface area (Å²) in [5.41, 5.74) is 1.39. The summed E-state index contributed by atoms with van der Waals surface area (Å²) in [6.07, 6.45) is 3.87. The Kier molecular flexibility index (Phi) is 4.11. The predicted octanol–water partition coefficient (Wildman–Crippen LogP) is 2.95. The number of rotatable bonds is 3. The number of hydrogen-bond donors (Lipinski definition) is 1. The zero-order valence-electron chi connectivity index (χ0n) is 11.6. The Morgan fingerprint density at radius 1 is 1.32 bits per heavy atom. The molecule has 0 amide bonds. The second-order valence-electron chi connectivity index (χ2n) is 6.10. The third-order valence-corrected chi connectivity index (χ3v) is 4.95. The fraction of sp³-hybridized carbons (Fsp3) is 0.625. The van der Waals surface area contributed by atoms with Gasteiger partial charge in [0, 0.05) is 30.2 Å². The summed E-state index contributed by atoms with van der Waals surface area (Å²) in [4.78, 5) is 2.66. The van der Waals surface area contributed by atoms with Crippen molar-refractivity contribution in [3.63, 3.8) is 0 Å². The maximum Gasteiger partial charge on any atom is 0.0406 e. The van der Waals surface area contributed by atoms with Crippen LogP contribution in [0.2, 0.25) is 5.02 Å². The van der Waals surface area contributed by atoms with Crippen LogP contribution in [0.5, 0.6) is 0 Å². The molecule has 0 spiro atoms. The molecule has 104 valence electrons. The third-order valence-electron chi connectivity index (χ3n) is 4.70. The van der Waals surface area contributed by atoms with Crippen LogP contribution in [0.25, 0.3) is 0 Å². The van der Waals surface area contributed by atoms with Crippen molar-refractivity contribution in [3.05, 3.63) is 34.9 Å². The van der Waals surface area contributed by atoms with Gasteiger partial charge in [-0.1, -0.05) is 23.7 Å². The van der Waals surface area contributed by atoms with Crippen LogP contribution in [0.3, 0.4) is 0 Å². The number of likely N-dealkylation sites (tertiary alicyclic amines) is 1. The number of nitrogens with one attached hydrogen (secondary N) is 1. The zero-order chi connectivity index (χ0) is 13.2. The van der Waals surface area contributed by atoms with Gasteiger partial charge in [0.1, 0.15) is 0 Å². The molecule has 3 atom stereocenters. The lowest BCUT2D eigenvalue weighted by molar-refractivity contribution is 0.246. The highest BCUT2D eigenvalue weighted by molar-refractivity contribution is 6.30. The zero-order valence-corrected chi connectivity index (χ0v) is 12.4. The molecule has 2 aliphatic rings. The van der Waals surface area contributed by atoms with Gasteiger partial charge in [-0.2, -0.15) is 0 Å². The molecule has 3 rings (SSSR count). The van der Waals surface area contributed by atoms with Crippen LogP contribution >= 0.6 is 11.6 Å². The first-order chi connectivity index (χ1) is 9.22. The van der Waals surface area contributed by atoms with Crippen molar-refractivity contribution >= 4 is 11.6 Å². The van der Waals surface area contributed by atoms with Crippen molar-refractivity contribution in [1.82, 2.24) is 10.2 Å². The van der Waals surface area contributed by atoms with E-state index >= 15 is 0 Å². The van der Waals surface area contributed by atoms with E-state index in [1.54, 1.807) is 0 Å². The Morgan fingerprint density at radius 3 is 2.84 bits per heavy atom. The van der Waals surface area contributed by atoms with Gasteiger partial charge in [-0.3, -0.25) is 4.90 Å². The van der Waals surface area contributed by atoms with E-state index < -0.39 is 0 Å². The van der Waals surface area contributed by atoms with Gasteiger partial charge in [0.15, 0.2) is 0 Å². The minimum atomic E-state index is 0.619. The Hall–Kier alpha value is -0.570. The molecule has 0 radical (unpaired) electrons. The number of piperidine rings is 1. The highest BCUT2D eigenvalue weighted by Crippen LogP contribution is 2.27. The fourth-order valence-corrected chi connectivity index (χ4v) is 3.66. The van der Waals surface area contributed by atoms with Crippen LogP contribution in [-0.2, 0) is 6.42 Å². The normalized spacial score (nSPS) is 29.2. The van der Waals surface area contributed by atoms with Crippen molar-refractivity contribution in [3.8, 4) is 0 Å².